The van der Waals surface area contributed by atoms with Crippen molar-refractivity contribution in [1.82, 2.24) is 0 Å². The quantitative estimate of drug-likeness (QED) is 0.516. The Labute approximate surface area is 170 Å². The van der Waals surface area contributed by atoms with Crippen LogP contribution in [0.5, 0.6) is 0 Å². The number of ether oxygens (including phenoxy) is 2. The third kappa shape index (κ3) is 3.08. The summed E-state index contributed by atoms with van der Waals surface area (Å²) in [6.07, 6.45) is 0. The van der Waals surface area contributed by atoms with E-state index in [0.29, 0.717) is 11.1 Å². The lowest BCUT2D eigenvalue weighted by Gasteiger charge is -2.26. The number of hydrogen-bond acceptors (Lipinski definition) is 6. The van der Waals surface area contributed by atoms with E-state index in [1.165, 1.54) is 23.5 Å². The van der Waals surface area contributed by atoms with Gasteiger partial charge in [-0.25, -0.2) is 9.59 Å². The summed E-state index contributed by atoms with van der Waals surface area (Å²) in [5.41, 5.74) is 2.21. The third-order valence-corrected chi connectivity index (χ3v) is 6.98. The molecule has 2 aliphatic rings. The van der Waals surface area contributed by atoms with Gasteiger partial charge in [-0.1, -0.05) is 72.1 Å². The second kappa shape index (κ2) is 7.04. The normalized spacial score (nSPS) is 20.6. The van der Waals surface area contributed by atoms with E-state index in [-0.39, 0.29) is 11.9 Å². The summed E-state index contributed by atoms with van der Waals surface area (Å²) in [6.45, 7) is 0. The molecule has 0 saturated heterocycles. The molecule has 0 aliphatic carbocycles. The molecule has 3 aromatic rings. The summed E-state index contributed by atoms with van der Waals surface area (Å²) in [7, 11) is 0. The van der Waals surface area contributed by atoms with E-state index < -0.39 is 10.9 Å². The van der Waals surface area contributed by atoms with Crippen LogP contribution in [-0.2, 0) is 9.47 Å². The van der Waals surface area contributed by atoms with Crippen LogP contribution in [0.4, 0.5) is 0 Å². The summed E-state index contributed by atoms with van der Waals surface area (Å²) in [6, 6.07) is 22.6. The zero-order valence-corrected chi connectivity index (χ0v) is 16.2. The maximum Gasteiger partial charge on any atom is 0.340 e. The van der Waals surface area contributed by atoms with E-state index in [2.05, 4.69) is 0 Å². The van der Waals surface area contributed by atoms with Crippen molar-refractivity contribution >= 4 is 35.5 Å². The molecular weight excluding hydrogens is 392 g/mol. The largest absolute Gasteiger partial charge is 0.442 e. The molecule has 5 rings (SSSR count). The highest BCUT2D eigenvalue weighted by molar-refractivity contribution is 7.99. The zero-order chi connectivity index (χ0) is 19.1. The second-order valence-electron chi connectivity index (χ2n) is 6.37. The van der Waals surface area contributed by atoms with Gasteiger partial charge in [-0.15, -0.1) is 0 Å². The Hall–Kier alpha value is -2.70. The first kappa shape index (κ1) is 17.4. The van der Waals surface area contributed by atoms with Gasteiger partial charge in [0.25, 0.3) is 0 Å². The summed E-state index contributed by atoms with van der Waals surface area (Å²) < 4.78 is 11.2. The van der Waals surface area contributed by atoms with E-state index in [0.717, 1.165) is 20.9 Å². The minimum atomic E-state index is -0.390. The van der Waals surface area contributed by atoms with Gasteiger partial charge in [-0.05, 0) is 24.3 Å². The zero-order valence-electron chi connectivity index (χ0n) is 14.5. The van der Waals surface area contributed by atoms with Gasteiger partial charge in [0.2, 0.25) is 0 Å². The van der Waals surface area contributed by atoms with Gasteiger partial charge in [-0.3, -0.25) is 0 Å². The van der Waals surface area contributed by atoms with Crippen molar-refractivity contribution in [2.24, 2.45) is 0 Å². The molecule has 0 unspecified atom stereocenters. The van der Waals surface area contributed by atoms with Crippen molar-refractivity contribution in [3.63, 3.8) is 0 Å². The van der Waals surface area contributed by atoms with Crippen LogP contribution in [0.3, 0.4) is 0 Å². The average Bonchev–Trinajstić information content (AvgIpc) is 2.74. The molecule has 0 N–H and O–H groups in total. The van der Waals surface area contributed by atoms with E-state index in [9.17, 15) is 9.59 Å². The Morgan fingerprint density at radius 2 is 0.964 bits per heavy atom. The van der Waals surface area contributed by atoms with Gasteiger partial charge >= 0.3 is 11.9 Å². The second-order valence-corrected chi connectivity index (χ2v) is 8.58. The molecule has 3 aromatic carbocycles. The van der Waals surface area contributed by atoms with Crippen molar-refractivity contribution in [2.45, 2.75) is 20.7 Å². The summed E-state index contributed by atoms with van der Waals surface area (Å²) >= 11 is 3.03. The number of fused-ring (bicyclic) bond motifs is 2. The highest BCUT2D eigenvalue weighted by Crippen LogP contribution is 2.45. The Balaban J connectivity index is 1.37. The van der Waals surface area contributed by atoms with Crippen LogP contribution in [0.2, 0.25) is 0 Å². The number of hydrogen-bond donors (Lipinski definition) is 0. The maximum absolute atomic E-state index is 12.2. The predicted molar refractivity (Wildman–Crippen MR) is 107 cm³/mol. The standard InChI is InChI=1S/C22H14O4S2/c23-19-15-5-1-3-7-17(15)27-21(25-19)13-9-11-14(12-10-13)22-26-20(24)16-6-2-4-8-18(16)28-22/h1-12,21-22H/t21-,22-/m1/s1. The van der Waals surface area contributed by atoms with Gasteiger partial charge in [0.1, 0.15) is 0 Å². The van der Waals surface area contributed by atoms with Gasteiger partial charge in [-0.2, -0.15) is 0 Å². The molecule has 28 heavy (non-hydrogen) atoms. The molecule has 6 heteroatoms. The molecule has 2 aliphatic heterocycles. The van der Waals surface area contributed by atoms with Crippen LogP contribution in [0, 0.1) is 0 Å². The van der Waals surface area contributed by atoms with Crippen LogP contribution in [0.1, 0.15) is 42.7 Å². The van der Waals surface area contributed by atoms with Crippen LogP contribution in [0.15, 0.2) is 82.6 Å². The lowest BCUT2D eigenvalue weighted by atomic mass is 10.1. The van der Waals surface area contributed by atoms with Crippen LogP contribution in [0.25, 0.3) is 0 Å². The van der Waals surface area contributed by atoms with Crippen molar-refractivity contribution in [1.29, 1.82) is 0 Å². The molecule has 2 heterocycles. The predicted octanol–water partition coefficient (Wildman–Crippen LogP) is 5.61. The van der Waals surface area contributed by atoms with E-state index in [4.69, 9.17) is 9.47 Å². The molecular formula is C22H14O4S2. The number of cyclic esters (lactones) is 2. The molecule has 138 valence electrons. The highest BCUT2D eigenvalue weighted by Gasteiger charge is 2.30. The number of esters is 2. The molecule has 0 spiro atoms. The van der Waals surface area contributed by atoms with Crippen LogP contribution >= 0.6 is 23.5 Å². The molecule has 4 nitrogen and oxygen atoms in total. The number of rotatable bonds is 2. The molecule has 0 aromatic heterocycles. The lowest BCUT2D eigenvalue weighted by molar-refractivity contribution is 0.0426. The molecule has 0 bridgehead atoms. The first-order valence-corrected chi connectivity index (χ1v) is 10.5. The fourth-order valence-electron chi connectivity index (χ4n) is 3.16. The minimum Gasteiger partial charge on any atom is -0.442 e. The van der Waals surface area contributed by atoms with Gasteiger partial charge in [0, 0.05) is 20.9 Å². The molecule has 0 amide bonds. The first-order chi connectivity index (χ1) is 13.7. The number of benzene rings is 3. The summed E-state index contributed by atoms with van der Waals surface area (Å²) in [5, 5.41) is 0. The van der Waals surface area contributed by atoms with Crippen molar-refractivity contribution in [3.05, 3.63) is 95.1 Å². The monoisotopic (exact) mass is 406 g/mol. The van der Waals surface area contributed by atoms with Crippen molar-refractivity contribution in [2.75, 3.05) is 0 Å². The summed E-state index contributed by atoms with van der Waals surface area (Å²) in [4.78, 5) is 26.3. The minimum absolute atomic E-state index is 0.309. The number of thioether (sulfide) groups is 2. The molecule has 0 fully saturated rings. The molecule has 2 atom stereocenters. The van der Waals surface area contributed by atoms with E-state index in [1.54, 1.807) is 12.1 Å². The molecule has 0 saturated carbocycles. The Morgan fingerprint density at radius 3 is 1.39 bits per heavy atom. The van der Waals surface area contributed by atoms with Crippen molar-refractivity contribution in [3.8, 4) is 0 Å². The van der Waals surface area contributed by atoms with Gasteiger partial charge in [0.05, 0.1) is 11.1 Å². The Morgan fingerprint density at radius 1 is 0.571 bits per heavy atom. The van der Waals surface area contributed by atoms with E-state index in [1.807, 2.05) is 60.7 Å². The van der Waals surface area contributed by atoms with E-state index >= 15 is 0 Å². The SMILES string of the molecule is O=C1O[C@@H](c2ccc([C@@H]3OC(=O)c4ccccc4S3)cc2)Sc2ccccc21. The van der Waals surface area contributed by atoms with Gasteiger partial charge < -0.3 is 9.47 Å². The van der Waals surface area contributed by atoms with Crippen molar-refractivity contribution < 1.29 is 19.1 Å². The Bertz CT molecular complexity index is 991. The lowest BCUT2D eigenvalue weighted by Crippen LogP contribution is -2.16. The smallest absolute Gasteiger partial charge is 0.340 e. The first-order valence-electron chi connectivity index (χ1n) is 8.72. The maximum atomic E-state index is 12.2. The topological polar surface area (TPSA) is 52.6 Å². The fourth-order valence-corrected chi connectivity index (χ4v) is 5.35. The van der Waals surface area contributed by atoms with Crippen LogP contribution < -0.4 is 0 Å². The third-order valence-electron chi connectivity index (χ3n) is 4.59. The summed E-state index contributed by atoms with van der Waals surface area (Å²) in [5.74, 6) is -0.617. The molecule has 0 radical (unpaired) electrons. The number of carbonyl (C=O) groups is 2. The van der Waals surface area contributed by atoms with Gasteiger partial charge in [0.15, 0.2) is 10.9 Å². The van der Waals surface area contributed by atoms with Crippen LogP contribution in [-0.4, -0.2) is 11.9 Å². The highest BCUT2D eigenvalue weighted by atomic mass is 32.2. The number of carbonyl (C=O) groups excluding carboxylic acids is 2. The average molecular weight is 406 g/mol. The fraction of sp³-hybridized carbons (Fsp3) is 0.0909. The Kier molecular flexibility index (Phi) is 4.37.